The number of rotatable bonds is 3. The van der Waals surface area contributed by atoms with E-state index in [4.69, 9.17) is 0 Å². The quantitative estimate of drug-likeness (QED) is 0.690. The number of para-hydroxylation sites is 1. The van der Waals surface area contributed by atoms with Crippen LogP contribution >= 0.6 is 0 Å². The zero-order valence-corrected chi connectivity index (χ0v) is 13.5. The van der Waals surface area contributed by atoms with Crippen LogP contribution in [0.25, 0.3) is 0 Å². The van der Waals surface area contributed by atoms with Gasteiger partial charge in [-0.2, -0.15) is 0 Å². The number of nitrogens with zero attached hydrogens (tertiary/aromatic N) is 3. The van der Waals surface area contributed by atoms with Crippen molar-refractivity contribution >= 4 is 17.1 Å². The Morgan fingerprint density at radius 2 is 0.960 bits per heavy atom. The zero-order valence-electron chi connectivity index (χ0n) is 13.5. The molecule has 1 saturated heterocycles. The zero-order chi connectivity index (χ0) is 17.2. The predicted molar refractivity (Wildman–Crippen MR) is 96.4 cm³/mol. The van der Waals surface area contributed by atoms with Crippen molar-refractivity contribution in [2.45, 2.75) is 0 Å². The summed E-state index contributed by atoms with van der Waals surface area (Å²) in [5, 5.41) is 4.11. The van der Waals surface area contributed by atoms with Gasteiger partial charge in [0.05, 0.1) is 11.4 Å². The van der Waals surface area contributed by atoms with E-state index in [1.54, 1.807) is 24.3 Å². The van der Waals surface area contributed by atoms with E-state index < -0.39 is 0 Å². The summed E-state index contributed by atoms with van der Waals surface area (Å²) in [6.07, 6.45) is 0. The third kappa shape index (κ3) is 3.13. The molecule has 5 heteroatoms. The van der Waals surface area contributed by atoms with Gasteiger partial charge >= 0.3 is 0 Å². The van der Waals surface area contributed by atoms with Gasteiger partial charge in [-0.1, -0.05) is 18.2 Å². The minimum Gasteiger partial charge on any atom is -0.332 e. The van der Waals surface area contributed by atoms with Crippen molar-refractivity contribution in [3.8, 4) is 0 Å². The summed E-state index contributed by atoms with van der Waals surface area (Å²) in [4.78, 5) is 2.20. The lowest BCUT2D eigenvalue weighted by Crippen LogP contribution is -2.36. The molecule has 0 amide bonds. The third-order valence-corrected chi connectivity index (χ3v) is 4.27. The average molecular weight is 337 g/mol. The van der Waals surface area contributed by atoms with Crippen LogP contribution in [0.2, 0.25) is 0 Å². The van der Waals surface area contributed by atoms with Crippen LogP contribution in [0.1, 0.15) is 0 Å². The number of benzene rings is 3. The summed E-state index contributed by atoms with van der Waals surface area (Å²) >= 11 is 0. The summed E-state index contributed by atoms with van der Waals surface area (Å²) in [6.45, 7) is 1.24. The van der Waals surface area contributed by atoms with Crippen molar-refractivity contribution in [3.63, 3.8) is 0 Å². The molecule has 0 radical (unpaired) electrons. The maximum absolute atomic E-state index is 13.3. The predicted octanol–water partition coefficient (Wildman–Crippen LogP) is 4.63. The minimum atomic E-state index is -0.267. The second-order valence-electron chi connectivity index (χ2n) is 5.91. The van der Waals surface area contributed by atoms with Crippen molar-refractivity contribution in [2.24, 2.45) is 0 Å². The largest absolute Gasteiger partial charge is 0.332 e. The highest BCUT2D eigenvalue weighted by molar-refractivity contribution is 5.64. The summed E-state index contributed by atoms with van der Waals surface area (Å²) in [7, 11) is 0. The van der Waals surface area contributed by atoms with Crippen LogP contribution in [0.5, 0.6) is 0 Å². The highest BCUT2D eigenvalue weighted by Gasteiger charge is 2.29. The Balaban J connectivity index is 1.70. The molecule has 0 spiro atoms. The number of hydrazine groups is 1. The maximum Gasteiger partial charge on any atom is 0.123 e. The monoisotopic (exact) mass is 337 g/mol. The van der Waals surface area contributed by atoms with Crippen molar-refractivity contribution in [3.05, 3.63) is 90.5 Å². The van der Waals surface area contributed by atoms with Crippen molar-refractivity contribution in [1.82, 2.24) is 0 Å². The van der Waals surface area contributed by atoms with Crippen LogP contribution < -0.4 is 14.9 Å². The molecule has 3 aromatic carbocycles. The van der Waals surface area contributed by atoms with Gasteiger partial charge in [0.25, 0.3) is 0 Å². The van der Waals surface area contributed by atoms with Gasteiger partial charge < -0.3 is 4.90 Å². The molecule has 25 heavy (non-hydrogen) atoms. The van der Waals surface area contributed by atoms with E-state index in [9.17, 15) is 8.78 Å². The molecular weight excluding hydrogens is 320 g/mol. The molecule has 1 fully saturated rings. The molecule has 0 unspecified atom stereocenters. The normalized spacial score (nSPS) is 14.2. The summed E-state index contributed by atoms with van der Waals surface area (Å²) in [5.74, 6) is -0.535. The molecule has 3 aromatic rings. The summed E-state index contributed by atoms with van der Waals surface area (Å²) in [6, 6.07) is 22.9. The lowest BCUT2D eigenvalue weighted by Gasteiger charge is -2.29. The van der Waals surface area contributed by atoms with Crippen molar-refractivity contribution in [2.75, 3.05) is 28.3 Å². The number of halogens is 2. The fourth-order valence-electron chi connectivity index (χ4n) is 2.99. The first-order valence-electron chi connectivity index (χ1n) is 8.07. The summed E-state index contributed by atoms with van der Waals surface area (Å²) in [5.41, 5.74) is 2.85. The molecule has 3 nitrogen and oxygen atoms in total. The van der Waals surface area contributed by atoms with Gasteiger partial charge in [-0.25, -0.2) is 8.78 Å². The molecule has 0 aromatic heterocycles. The van der Waals surface area contributed by atoms with Crippen LogP contribution in [0.4, 0.5) is 25.8 Å². The fraction of sp³-hybridized carbons (Fsp3) is 0.100. The van der Waals surface area contributed by atoms with Crippen LogP contribution in [0, 0.1) is 11.6 Å². The summed E-state index contributed by atoms with van der Waals surface area (Å²) < 4.78 is 26.6. The fourth-order valence-corrected chi connectivity index (χ4v) is 2.99. The smallest absolute Gasteiger partial charge is 0.123 e. The Morgan fingerprint density at radius 1 is 0.520 bits per heavy atom. The van der Waals surface area contributed by atoms with Gasteiger partial charge in [0.1, 0.15) is 25.0 Å². The van der Waals surface area contributed by atoms with Gasteiger partial charge in [0.15, 0.2) is 0 Å². The molecule has 0 bridgehead atoms. The molecule has 4 rings (SSSR count). The molecular formula is C20H17F2N3. The van der Waals surface area contributed by atoms with E-state index in [-0.39, 0.29) is 11.6 Å². The van der Waals surface area contributed by atoms with E-state index in [2.05, 4.69) is 27.1 Å². The topological polar surface area (TPSA) is 9.72 Å². The molecule has 0 saturated carbocycles. The Labute approximate surface area is 145 Å². The van der Waals surface area contributed by atoms with Gasteiger partial charge in [-0.15, -0.1) is 0 Å². The first-order valence-corrected chi connectivity index (χ1v) is 8.07. The highest BCUT2D eigenvalue weighted by atomic mass is 19.1. The van der Waals surface area contributed by atoms with E-state index in [1.807, 2.05) is 18.2 Å². The van der Waals surface area contributed by atoms with E-state index >= 15 is 0 Å². The average Bonchev–Trinajstić information content (AvgIpc) is 3.09. The number of hydrogen-bond donors (Lipinski definition) is 0. The second kappa shape index (κ2) is 6.43. The van der Waals surface area contributed by atoms with E-state index in [0.717, 1.165) is 17.1 Å². The van der Waals surface area contributed by atoms with Gasteiger partial charge in [0, 0.05) is 5.69 Å². The Morgan fingerprint density at radius 3 is 1.40 bits per heavy atom. The van der Waals surface area contributed by atoms with Crippen molar-refractivity contribution in [1.29, 1.82) is 0 Å². The SMILES string of the molecule is Fc1ccc(N2CN(c3ccccc3)CN2c2ccc(F)cc2)cc1. The first-order chi connectivity index (χ1) is 12.2. The molecule has 1 aliphatic heterocycles. The lowest BCUT2D eigenvalue weighted by atomic mass is 10.3. The standard InChI is InChI=1S/C20H17F2N3/c21-16-6-10-19(11-7-16)24-14-23(18-4-2-1-3-5-18)15-25(24)20-12-8-17(22)9-13-20/h1-13H,14-15H2. The van der Waals surface area contributed by atoms with Crippen LogP contribution in [0.15, 0.2) is 78.9 Å². The molecule has 1 aliphatic rings. The van der Waals surface area contributed by atoms with Gasteiger partial charge in [0.2, 0.25) is 0 Å². The Hall–Kier alpha value is -3.08. The third-order valence-electron chi connectivity index (χ3n) is 4.27. The molecule has 126 valence electrons. The highest BCUT2D eigenvalue weighted by Crippen LogP contribution is 2.30. The van der Waals surface area contributed by atoms with E-state index in [0.29, 0.717) is 13.3 Å². The number of anilines is 3. The maximum atomic E-state index is 13.3. The first kappa shape index (κ1) is 15.4. The molecule has 0 aliphatic carbocycles. The van der Waals surface area contributed by atoms with Crippen LogP contribution in [0.3, 0.4) is 0 Å². The Bertz CT molecular complexity index is 782. The Kier molecular flexibility index (Phi) is 3.98. The van der Waals surface area contributed by atoms with Crippen LogP contribution in [-0.4, -0.2) is 13.3 Å². The number of hydrogen-bond acceptors (Lipinski definition) is 3. The van der Waals surface area contributed by atoms with Crippen LogP contribution in [-0.2, 0) is 0 Å². The van der Waals surface area contributed by atoms with Crippen molar-refractivity contribution < 1.29 is 8.78 Å². The molecule has 0 atom stereocenters. The van der Waals surface area contributed by atoms with Gasteiger partial charge in [-0.3, -0.25) is 10.0 Å². The van der Waals surface area contributed by atoms with E-state index in [1.165, 1.54) is 24.3 Å². The molecule has 1 heterocycles. The lowest BCUT2D eigenvalue weighted by molar-refractivity contribution is 0.626. The molecule has 0 N–H and O–H groups in total. The minimum absolute atomic E-state index is 0.267. The van der Waals surface area contributed by atoms with Gasteiger partial charge in [-0.05, 0) is 60.7 Å². The second-order valence-corrected chi connectivity index (χ2v) is 5.91.